The molecule has 618 valence electrons. The van der Waals surface area contributed by atoms with Crippen LogP contribution in [0, 0.1) is 5.92 Å². The van der Waals surface area contributed by atoms with Gasteiger partial charge in [-0.05, 0) is 138 Å². The number of nitrogens with one attached hydrogen (secondary N) is 8. The molecular formula is C78H80Cl3IN12O23. The number of nitrogens with zero attached hydrogens (tertiary/aromatic N) is 3. The molecule has 2 fully saturated rings. The summed E-state index contributed by atoms with van der Waals surface area (Å²) in [6.07, 6.45) is -18.8. The Morgan fingerprint density at radius 1 is 0.701 bits per heavy atom. The first-order chi connectivity index (χ1) is 55.6. The second-order valence-corrected chi connectivity index (χ2v) is 32.0. The number of carbonyl (C=O) groups is 8. The van der Waals surface area contributed by atoms with E-state index in [4.69, 9.17) is 69.0 Å². The van der Waals surface area contributed by atoms with Gasteiger partial charge in [0.1, 0.15) is 93.0 Å². The monoisotopic (exact) mass is 1780 g/mol. The topological polar surface area (TPSA) is 545 Å². The second kappa shape index (κ2) is 36.2. The number of hydrogen-bond donors (Lipinski definition) is 18. The molecule has 18 atom stereocenters. The van der Waals surface area contributed by atoms with E-state index in [1.54, 1.807) is 19.1 Å². The zero-order valence-corrected chi connectivity index (χ0v) is 66.6. The maximum Gasteiger partial charge on any atom is 0.330 e. The lowest BCUT2D eigenvalue weighted by molar-refractivity contribution is -0.328. The molecule has 0 spiro atoms. The van der Waals surface area contributed by atoms with Crippen LogP contribution >= 0.6 is 57.4 Å². The summed E-state index contributed by atoms with van der Waals surface area (Å²) >= 11 is 22.5. The number of rotatable bonds is 18. The summed E-state index contributed by atoms with van der Waals surface area (Å²) in [5.74, 6) is -16.2. The minimum Gasteiger partial charge on any atom is -0.508 e. The lowest BCUT2D eigenvalue weighted by Gasteiger charge is -2.47. The molecule has 7 heterocycles. The number of aliphatic hydroxyl groups is 5. The molecule has 7 amide bonds. The number of carboxylic acids is 1. The fourth-order valence-electron chi connectivity index (χ4n) is 14.2. The van der Waals surface area contributed by atoms with Crippen LogP contribution in [0.3, 0.4) is 0 Å². The van der Waals surface area contributed by atoms with Crippen molar-refractivity contribution >= 4 is 105 Å². The van der Waals surface area contributed by atoms with Crippen LogP contribution < -0.4 is 62.5 Å². The number of likely N-dealkylation sites (N-methyl/N-ethyl adjacent to an activating group) is 1. The SMILES string of the molecule is CN[C@@H](CC(C)C)C(=O)NC1C(=O)NC(CC(N)=O)C(=O)NC2C(=O)NC3C(=O)N[C@H](C(=O)NC(C(=O)O)c4cc(O)cc(O)c4-c4cc3ccc4O)[C@H](O)c3ccc(c(Cl)c3)Oc3cc2cc(c3OC2OC(CN=[N+]=[N-])C(O)C(O)C2OC2CC(I)(NCc3ccc(-c4ccc(Cl)cc4)cc3)C(O)C(C)O2)Oc2ccc(cc2Cl)C1O. The van der Waals surface area contributed by atoms with Crippen molar-refractivity contribution in [2.24, 2.45) is 16.8 Å². The van der Waals surface area contributed by atoms with E-state index in [-0.39, 0.29) is 52.8 Å². The fraction of sp³-hybridized carbons (Fsp3) is 0.359. The Bertz CT molecular complexity index is 5060. The summed E-state index contributed by atoms with van der Waals surface area (Å²) in [6, 6.07) is 14.1. The van der Waals surface area contributed by atoms with Gasteiger partial charge in [0, 0.05) is 45.7 Å². The van der Waals surface area contributed by atoms with Crippen molar-refractivity contribution in [3.05, 3.63) is 186 Å². The number of hydrogen-bond acceptors (Lipinski definition) is 25. The van der Waals surface area contributed by atoms with Crippen molar-refractivity contribution in [2.45, 2.75) is 154 Å². The molecule has 15 unspecified atom stereocenters. The molecule has 35 nitrogen and oxygen atoms in total. The quantitative estimate of drug-likeness (QED) is 0.0118. The summed E-state index contributed by atoms with van der Waals surface area (Å²) in [4.78, 5) is 121. The number of ether oxygens (including phenoxy) is 6. The third-order valence-electron chi connectivity index (χ3n) is 20.3. The first kappa shape index (κ1) is 86.0. The zero-order valence-electron chi connectivity index (χ0n) is 62.2. The van der Waals surface area contributed by atoms with Gasteiger partial charge in [0.05, 0.1) is 41.3 Å². The highest BCUT2D eigenvalue weighted by atomic mass is 127. The van der Waals surface area contributed by atoms with Crippen molar-refractivity contribution in [1.29, 1.82) is 0 Å². The number of carboxylic acid groups (broad SMARTS) is 1. The molecule has 11 bridgehead atoms. The predicted molar refractivity (Wildman–Crippen MR) is 424 cm³/mol. The van der Waals surface area contributed by atoms with E-state index in [0.29, 0.717) is 5.02 Å². The maximum absolute atomic E-state index is 16.2. The van der Waals surface area contributed by atoms with E-state index in [1.165, 1.54) is 19.2 Å². The van der Waals surface area contributed by atoms with Gasteiger partial charge in [0.15, 0.2) is 29.9 Å². The van der Waals surface area contributed by atoms with Crippen LogP contribution in [0.2, 0.25) is 15.1 Å². The zero-order chi connectivity index (χ0) is 84.3. The van der Waals surface area contributed by atoms with Crippen molar-refractivity contribution in [2.75, 3.05) is 13.6 Å². The Morgan fingerprint density at radius 2 is 1.31 bits per heavy atom. The van der Waals surface area contributed by atoms with Gasteiger partial charge in [-0.3, -0.25) is 38.9 Å². The van der Waals surface area contributed by atoms with Crippen molar-refractivity contribution in [1.82, 2.24) is 42.5 Å². The molecule has 14 rings (SSSR count). The van der Waals surface area contributed by atoms with Crippen molar-refractivity contribution < 1.29 is 113 Å². The number of aliphatic carboxylic acids is 1. The van der Waals surface area contributed by atoms with Crippen LogP contribution in [0.25, 0.3) is 32.7 Å². The van der Waals surface area contributed by atoms with E-state index in [0.717, 1.165) is 83.4 Å². The smallest absolute Gasteiger partial charge is 0.330 e. The average Bonchev–Trinajstić information content (AvgIpc) is 0.766. The Kier molecular flexibility index (Phi) is 26.6. The second-order valence-electron chi connectivity index (χ2n) is 28.9. The Balaban J connectivity index is 1.05. The number of amides is 7. The molecule has 0 radical (unpaired) electrons. The van der Waals surface area contributed by atoms with E-state index in [9.17, 15) is 75.5 Å². The Labute approximate surface area is 694 Å². The number of phenols is 3. The fourth-order valence-corrected chi connectivity index (χ4v) is 15.9. The highest BCUT2D eigenvalue weighted by Gasteiger charge is 2.53. The van der Waals surface area contributed by atoms with Crippen molar-refractivity contribution in [3.8, 4) is 68.2 Å². The molecule has 7 aliphatic rings. The number of fused-ring (bicyclic) bond motifs is 15. The maximum atomic E-state index is 16.2. The third-order valence-corrected chi connectivity index (χ3v) is 22.6. The normalized spacial score (nSPS) is 26.9. The number of aliphatic hydroxyl groups excluding tert-OH is 5. The number of primary amides is 1. The van der Waals surface area contributed by atoms with E-state index in [1.807, 2.05) is 72.8 Å². The van der Waals surface area contributed by atoms with Gasteiger partial charge in [-0.25, -0.2) is 4.79 Å². The van der Waals surface area contributed by atoms with E-state index in [2.05, 4.69) is 52.6 Å². The van der Waals surface area contributed by atoms with Gasteiger partial charge in [-0.1, -0.05) is 131 Å². The van der Waals surface area contributed by atoms with Crippen LogP contribution in [0.4, 0.5) is 0 Å². The Morgan fingerprint density at radius 3 is 1.91 bits per heavy atom. The average molecular weight is 1790 g/mol. The molecule has 39 heteroatoms. The summed E-state index contributed by atoms with van der Waals surface area (Å²) in [7, 11) is 1.47. The summed E-state index contributed by atoms with van der Waals surface area (Å²) in [5.41, 5.74) is 15.1. The molecule has 19 N–H and O–H groups in total. The molecule has 0 saturated carbocycles. The summed E-state index contributed by atoms with van der Waals surface area (Å²) in [6.45, 7) is 4.70. The van der Waals surface area contributed by atoms with Gasteiger partial charge >= 0.3 is 5.97 Å². The first-order valence-electron chi connectivity index (χ1n) is 36.5. The Hall–Kier alpha value is -10.4. The van der Waals surface area contributed by atoms with Crippen LogP contribution in [0.1, 0.15) is 104 Å². The molecule has 0 aliphatic carbocycles. The number of azide groups is 1. The minimum absolute atomic E-state index is 0.113. The summed E-state index contributed by atoms with van der Waals surface area (Å²) in [5, 5.41) is 130. The molecule has 7 aromatic carbocycles. The number of aromatic hydroxyl groups is 3. The number of phenolic OH excluding ortho intramolecular Hbond substituents is 3. The lowest BCUT2D eigenvalue weighted by Crippen LogP contribution is -2.64. The van der Waals surface area contributed by atoms with Gasteiger partial charge < -0.3 is 117 Å². The van der Waals surface area contributed by atoms with Gasteiger partial charge in [-0.2, -0.15) is 0 Å². The van der Waals surface area contributed by atoms with Crippen LogP contribution in [-0.2, 0) is 59.1 Å². The number of carbonyl (C=O) groups excluding carboxylic acids is 7. The largest absolute Gasteiger partial charge is 0.508 e. The molecule has 117 heavy (non-hydrogen) atoms. The highest BCUT2D eigenvalue weighted by molar-refractivity contribution is 14.1. The molecule has 7 aromatic rings. The minimum atomic E-state index is -2.38. The van der Waals surface area contributed by atoms with Crippen LogP contribution in [0.5, 0.6) is 46.0 Å². The number of nitrogens with two attached hydrogens (primary N) is 1. The van der Waals surface area contributed by atoms with Crippen LogP contribution in [0.15, 0.2) is 133 Å². The predicted octanol–water partition coefficient (Wildman–Crippen LogP) is 5.95. The van der Waals surface area contributed by atoms with Gasteiger partial charge in [0.25, 0.3) is 0 Å². The third kappa shape index (κ3) is 19.1. The standard InChI is InChI=1S/C78H80Cl3IN12O23/c1-31(2)19-46(85-4)70(104)92-61-63(99)37-12-17-50(44(80)21-37)113-52-23-39-24-53(67(52)117-77-68(66(102)65(101)54(115-77)30-87-94-84)116-56-28-78(82,69(103)32(3)112-56)86-29-33-5-7-34(8-6-33)35-9-14-40(79)15-10-35)114-51-18-13-38(22-45(51)81)64(100)62-75(109)91-60(76(110)111)43-25-41(95)26-49(97)57(43)42-20-36(11-16-48(42)96)58(72(106)93-62)90-73(107)59(39)89-71(105)47(27-55(83)98)88-74(61)108/h5-18,20-26,31-32,46-47,54,56,58-66,68-69,77,85-86,95-97,99-103H,19,27-30H2,1-4H3,(H2,83,98)(H,88,108)(H,89,105)(H,90,107)(H,91,109)(H,92,104)(H,93,106)(H,110,111)/t32?,46-,47?,54?,56?,58?,59?,60?,61?,62-,63?,64+,65?,66?,68?,69?,77?,78?/m0/s1. The van der Waals surface area contributed by atoms with Gasteiger partial charge in [0.2, 0.25) is 53.4 Å². The van der Waals surface area contributed by atoms with Crippen molar-refractivity contribution in [3.63, 3.8) is 0 Å². The first-order valence-corrected chi connectivity index (χ1v) is 38.7. The van der Waals surface area contributed by atoms with Gasteiger partial charge in [-0.15, -0.1) is 0 Å². The lowest BCUT2D eigenvalue weighted by atomic mass is 9.89. The number of benzene rings is 7. The van der Waals surface area contributed by atoms with Crippen LogP contribution in [-0.4, -0.2) is 184 Å². The summed E-state index contributed by atoms with van der Waals surface area (Å²) < 4.78 is 38.4. The van der Waals surface area contributed by atoms with E-state index < -0.39 is 235 Å². The van der Waals surface area contributed by atoms with E-state index >= 15 is 14.4 Å². The number of alkyl halides is 1. The number of halogens is 4. The molecule has 2 saturated heterocycles. The molecule has 0 aromatic heterocycles. The molecular weight excluding hydrogens is 1710 g/mol. The molecule has 7 aliphatic heterocycles. The highest BCUT2D eigenvalue weighted by Crippen LogP contribution is 2.50.